The third-order valence-corrected chi connectivity index (χ3v) is 2.52. The third kappa shape index (κ3) is 4.75. The van der Waals surface area contributed by atoms with Crippen molar-refractivity contribution in [1.82, 2.24) is 5.32 Å². The minimum Gasteiger partial charge on any atom is -0.484 e. The van der Waals surface area contributed by atoms with Crippen molar-refractivity contribution in [3.8, 4) is 5.75 Å². The van der Waals surface area contributed by atoms with Crippen molar-refractivity contribution >= 4 is 5.91 Å². The molecular formula is C14H21NO3. The second-order valence-corrected chi connectivity index (χ2v) is 5.14. The molecule has 0 bridgehead atoms. The van der Waals surface area contributed by atoms with Gasteiger partial charge >= 0.3 is 0 Å². The predicted octanol–water partition coefficient (Wildman–Crippen LogP) is 1.47. The molecule has 0 heterocycles. The molecule has 0 atom stereocenters. The lowest BCUT2D eigenvalue weighted by Gasteiger charge is -2.19. The second-order valence-electron chi connectivity index (χ2n) is 5.14. The number of carbonyl (C=O) groups excluding carboxylic acids is 1. The Balaban J connectivity index is 2.47. The average molecular weight is 251 g/mol. The maximum atomic E-state index is 11.3. The molecule has 0 aromatic heterocycles. The number of aliphatic hydroxyl groups is 1. The summed E-state index contributed by atoms with van der Waals surface area (Å²) in [7, 11) is 0. The highest BCUT2D eigenvalue weighted by Crippen LogP contribution is 2.24. The molecule has 4 heteroatoms. The van der Waals surface area contributed by atoms with Crippen molar-refractivity contribution in [1.29, 1.82) is 0 Å². The number of amides is 1. The predicted molar refractivity (Wildman–Crippen MR) is 70.7 cm³/mol. The molecule has 0 aliphatic carbocycles. The molecule has 4 nitrogen and oxygen atoms in total. The molecule has 100 valence electrons. The van der Waals surface area contributed by atoms with Crippen LogP contribution in [0.2, 0.25) is 0 Å². The highest BCUT2D eigenvalue weighted by Gasteiger charge is 2.13. The van der Waals surface area contributed by atoms with Crippen LogP contribution in [0.15, 0.2) is 24.3 Å². The largest absolute Gasteiger partial charge is 0.484 e. The monoisotopic (exact) mass is 251 g/mol. The maximum absolute atomic E-state index is 11.3. The number of rotatable bonds is 5. The fraction of sp³-hybridized carbons (Fsp3) is 0.500. The summed E-state index contributed by atoms with van der Waals surface area (Å²) >= 11 is 0. The first-order valence-corrected chi connectivity index (χ1v) is 6.04. The molecule has 0 saturated heterocycles. The van der Waals surface area contributed by atoms with E-state index < -0.39 is 0 Å². The van der Waals surface area contributed by atoms with Gasteiger partial charge in [0.1, 0.15) is 5.75 Å². The van der Waals surface area contributed by atoms with E-state index in [1.807, 2.05) is 24.3 Å². The number of nitrogens with one attached hydrogen (secondary N) is 1. The van der Waals surface area contributed by atoms with Crippen molar-refractivity contribution in [2.75, 3.05) is 19.8 Å². The summed E-state index contributed by atoms with van der Waals surface area (Å²) < 4.78 is 5.34. The molecule has 0 unspecified atom stereocenters. The fourth-order valence-electron chi connectivity index (χ4n) is 1.45. The van der Waals surface area contributed by atoms with Crippen LogP contribution in [0.4, 0.5) is 0 Å². The van der Waals surface area contributed by atoms with Gasteiger partial charge < -0.3 is 15.2 Å². The summed E-state index contributed by atoms with van der Waals surface area (Å²) in [5.74, 6) is 0.436. The highest BCUT2D eigenvalue weighted by atomic mass is 16.5. The van der Waals surface area contributed by atoms with Crippen LogP contribution in [0.1, 0.15) is 26.3 Å². The van der Waals surface area contributed by atoms with Crippen molar-refractivity contribution in [2.45, 2.75) is 26.2 Å². The van der Waals surface area contributed by atoms with E-state index in [-0.39, 0.29) is 31.1 Å². The normalized spacial score (nSPS) is 11.1. The molecule has 1 aromatic carbocycles. The first-order chi connectivity index (χ1) is 8.43. The summed E-state index contributed by atoms with van der Waals surface area (Å²) in [5.41, 5.74) is 1.33. The van der Waals surface area contributed by atoms with Gasteiger partial charge in [-0.05, 0) is 23.1 Å². The first-order valence-electron chi connectivity index (χ1n) is 6.04. The van der Waals surface area contributed by atoms with Gasteiger partial charge in [-0.3, -0.25) is 4.79 Å². The van der Waals surface area contributed by atoms with Crippen molar-refractivity contribution in [3.05, 3.63) is 29.8 Å². The molecule has 0 aliphatic rings. The van der Waals surface area contributed by atoms with Crippen LogP contribution >= 0.6 is 0 Å². The number of hydrogen-bond acceptors (Lipinski definition) is 3. The summed E-state index contributed by atoms with van der Waals surface area (Å²) in [6, 6.07) is 7.72. The molecule has 18 heavy (non-hydrogen) atoms. The van der Waals surface area contributed by atoms with Crippen LogP contribution < -0.4 is 10.1 Å². The highest BCUT2D eigenvalue weighted by molar-refractivity contribution is 5.77. The lowest BCUT2D eigenvalue weighted by atomic mass is 9.87. The SMILES string of the molecule is CC(C)(C)c1ccc(OCC(=O)NCCO)cc1. The smallest absolute Gasteiger partial charge is 0.258 e. The molecule has 0 saturated carbocycles. The van der Waals surface area contributed by atoms with Gasteiger partial charge in [0.25, 0.3) is 5.91 Å². The van der Waals surface area contributed by atoms with E-state index in [0.717, 1.165) is 0 Å². The van der Waals surface area contributed by atoms with E-state index in [1.165, 1.54) is 5.56 Å². The van der Waals surface area contributed by atoms with Crippen LogP contribution in [-0.4, -0.2) is 30.8 Å². The molecule has 0 aliphatic heterocycles. The Morgan fingerprint density at radius 1 is 1.28 bits per heavy atom. The second kappa shape index (κ2) is 6.40. The number of benzene rings is 1. The standard InChI is InChI=1S/C14H21NO3/c1-14(2,3)11-4-6-12(7-5-11)18-10-13(17)15-8-9-16/h4-7,16H,8-10H2,1-3H3,(H,15,17). The summed E-state index contributed by atoms with van der Waals surface area (Å²) in [4.78, 5) is 11.3. The molecule has 1 amide bonds. The first kappa shape index (κ1) is 14.5. The number of ether oxygens (including phenoxy) is 1. The zero-order valence-electron chi connectivity index (χ0n) is 11.2. The zero-order valence-corrected chi connectivity index (χ0v) is 11.2. The fourth-order valence-corrected chi connectivity index (χ4v) is 1.45. The average Bonchev–Trinajstić information content (AvgIpc) is 2.33. The van der Waals surface area contributed by atoms with Gasteiger partial charge in [-0.1, -0.05) is 32.9 Å². The Hall–Kier alpha value is -1.55. The van der Waals surface area contributed by atoms with Gasteiger partial charge in [-0.2, -0.15) is 0 Å². The van der Waals surface area contributed by atoms with Crippen LogP contribution in [0, 0.1) is 0 Å². The molecule has 0 spiro atoms. The number of aliphatic hydroxyl groups excluding tert-OH is 1. The maximum Gasteiger partial charge on any atom is 0.258 e. The minimum atomic E-state index is -0.232. The van der Waals surface area contributed by atoms with E-state index in [4.69, 9.17) is 9.84 Å². The van der Waals surface area contributed by atoms with E-state index >= 15 is 0 Å². The molecule has 1 aromatic rings. The Kier molecular flexibility index (Phi) is 5.16. The minimum absolute atomic E-state index is 0.0329. The van der Waals surface area contributed by atoms with Crippen LogP contribution in [0.3, 0.4) is 0 Å². The van der Waals surface area contributed by atoms with Gasteiger partial charge in [0.2, 0.25) is 0 Å². The van der Waals surface area contributed by atoms with Gasteiger partial charge in [-0.25, -0.2) is 0 Å². The van der Waals surface area contributed by atoms with Crippen LogP contribution in [-0.2, 0) is 10.2 Å². The zero-order chi connectivity index (χ0) is 13.6. The van der Waals surface area contributed by atoms with Gasteiger partial charge in [0.15, 0.2) is 6.61 Å². The Morgan fingerprint density at radius 2 is 1.89 bits per heavy atom. The van der Waals surface area contributed by atoms with Crippen molar-refractivity contribution in [3.63, 3.8) is 0 Å². The topological polar surface area (TPSA) is 58.6 Å². The quantitative estimate of drug-likeness (QED) is 0.833. The molecular weight excluding hydrogens is 230 g/mol. The molecule has 1 rings (SSSR count). The van der Waals surface area contributed by atoms with Crippen LogP contribution in [0.25, 0.3) is 0 Å². The van der Waals surface area contributed by atoms with Gasteiger partial charge in [-0.15, -0.1) is 0 Å². The van der Waals surface area contributed by atoms with E-state index in [0.29, 0.717) is 5.75 Å². The Bertz CT molecular complexity index is 379. The molecule has 0 radical (unpaired) electrons. The van der Waals surface area contributed by atoms with Crippen molar-refractivity contribution in [2.24, 2.45) is 0 Å². The van der Waals surface area contributed by atoms with Gasteiger partial charge in [0.05, 0.1) is 6.61 Å². The lowest BCUT2D eigenvalue weighted by Crippen LogP contribution is -2.31. The Labute approximate surface area is 108 Å². The van der Waals surface area contributed by atoms with E-state index in [9.17, 15) is 4.79 Å². The van der Waals surface area contributed by atoms with E-state index in [2.05, 4.69) is 26.1 Å². The van der Waals surface area contributed by atoms with Crippen LogP contribution in [0.5, 0.6) is 5.75 Å². The third-order valence-electron chi connectivity index (χ3n) is 2.52. The van der Waals surface area contributed by atoms with Gasteiger partial charge in [0, 0.05) is 6.54 Å². The summed E-state index contributed by atoms with van der Waals surface area (Å²) in [6.07, 6.45) is 0. The molecule has 0 fully saturated rings. The Morgan fingerprint density at radius 3 is 2.39 bits per heavy atom. The summed E-state index contributed by atoms with van der Waals surface area (Å²) in [6.45, 7) is 6.59. The lowest BCUT2D eigenvalue weighted by molar-refractivity contribution is -0.123. The van der Waals surface area contributed by atoms with Crippen molar-refractivity contribution < 1.29 is 14.6 Å². The van der Waals surface area contributed by atoms with E-state index in [1.54, 1.807) is 0 Å². The number of carbonyl (C=O) groups is 1. The number of hydrogen-bond donors (Lipinski definition) is 2. The summed E-state index contributed by atoms with van der Waals surface area (Å²) in [5, 5.41) is 11.1. The molecule has 2 N–H and O–H groups in total.